The van der Waals surface area contributed by atoms with Gasteiger partial charge in [0.2, 0.25) is 0 Å². The van der Waals surface area contributed by atoms with Crippen LogP contribution < -0.4 is 15.5 Å². The summed E-state index contributed by atoms with van der Waals surface area (Å²) in [6, 6.07) is 10.5. The number of fused-ring (bicyclic) bond motifs is 2. The fraction of sp³-hybridized carbons (Fsp3) is 0.368. The van der Waals surface area contributed by atoms with Crippen LogP contribution in [0.1, 0.15) is 18.4 Å². The van der Waals surface area contributed by atoms with Crippen LogP contribution in [0.3, 0.4) is 0 Å². The number of rotatable bonds is 1. The maximum Gasteiger partial charge on any atom is 0.416 e. The lowest BCUT2D eigenvalue weighted by Crippen LogP contribution is -2.44. The van der Waals surface area contributed by atoms with Gasteiger partial charge < -0.3 is 15.5 Å². The van der Waals surface area contributed by atoms with Gasteiger partial charge in [0.1, 0.15) is 6.17 Å². The van der Waals surface area contributed by atoms with E-state index in [9.17, 15) is 13.2 Å². The van der Waals surface area contributed by atoms with E-state index in [0.29, 0.717) is 16.5 Å². The minimum atomic E-state index is -4.34. The third-order valence-electron chi connectivity index (χ3n) is 5.40. The molecule has 1 saturated heterocycles. The first-order chi connectivity index (χ1) is 12.5. The van der Waals surface area contributed by atoms with Crippen molar-refractivity contribution in [2.45, 2.75) is 35.0 Å². The Morgan fingerprint density at radius 1 is 1.04 bits per heavy atom. The van der Waals surface area contributed by atoms with Gasteiger partial charge in [-0.2, -0.15) is 13.2 Å². The highest BCUT2D eigenvalue weighted by atomic mass is 32.2. The Bertz CT molecular complexity index is 862. The van der Waals surface area contributed by atoms with Crippen LogP contribution in [0, 0.1) is 5.92 Å². The number of halogens is 3. The van der Waals surface area contributed by atoms with Crippen LogP contribution in [-0.2, 0) is 6.18 Å². The average molecular weight is 377 g/mol. The van der Waals surface area contributed by atoms with E-state index < -0.39 is 11.7 Å². The summed E-state index contributed by atoms with van der Waals surface area (Å²) in [4.78, 5) is 3.91. The molecule has 2 aromatic carbocycles. The van der Waals surface area contributed by atoms with Gasteiger partial charge in [-0.3, -0.25) is 0 Å². The topological polar surface area (TPSA) is 27.3 Å². The quantitative estimate of drug-likeness (QED) is 0.727. The molecule has 1 fully saturated rings. The molecule has 136 valence electrons. The molecule has 0 aliphatic carbocycles. The van der Waals surface area contributed by atoms with Gasteiger partial charge in [0.05, 0.1) is 22.6 Å². The highest BCUT2D eigenvalue weighted by Crippen LogP contribution is 2.57. The Balaban J connectivity index is 1.66. The van der Waals surface area contributed by atoms with Crippen LogP contribution >= 0.6 is 11.8 Å². The Morgan fingerprint density at radius 2 is 1.81 bits per heavy atom. The minimum Gasteiger partial charge on any atom is -0.363 e. The van der Waals surface area contributed by atoms with Gasteiger partial charge in [-0.15, -0.1) is 0 Å². The van der Waals surface area contributed by atoms with Gasteiger partial charge in [0.25, 0.3) is 0 Å². The Morgan fingerprint density at radius 3 is 2.58 bits per heavy atom. The van der Waals surface area contributed by atoms with Crippen molar-refractivity contribution in [3.05, 3.63) is 42.0 Å². The zero-order valence-electron chi connectivity index (χ0n) is 13.9. The predicted octanol–water partition coefficient (Wildman–Crippen LogP) is 5.06. The third-order valence-corrected chi connectivity index (χ3v) is 6.50. The van der Waals surface area contributed by atoms with Crippen LogP contribution in [0.2, 0.25) is 0 Å². The Labute approximate surface area is 154 Å². The number of hydrogen-bond acceptors (Lipinski definition) is 4. The fourth-order valence-corrected chi connectivity index (χ4v) is 5.34. The molecule has 0 saturated carbocycles. The molecule has 1 atom stereocenters. The second kappa shape index (κ2) is 5.82. The number of para-hydroxylation sites is 1. The maximum absolute atomic E-state index is 13.4. The van der Waals surface area contributed by atoms with E-state index in [1.807, 2.05) is 18.2 Å². The summed E-state index contributed by atoms with van der Waals surface area (Å²) in [5.74, 6) is 0.391. The molecule has 5 rings (SSSR count). The van der Waals surface area contributed by atoms with E-state index in [-0.39, 0.29) is 6.17 Å². The van der Waals surface area contributed by atoms with Crippen LogP contribution in [0.15, 0.2) is 46.2 Å². The summed E-state index contributed by atoms with van der Waals surface area (Å²) in [7, 11) is 0. The number of piperidine rings is 1. The summed E-state index contributed by atoms with van der Waals surface area (Å²) in [6.45, 7) is 1.90. The lowest BCUT2D eigenvalue weighted by atomic mass is 9.94. The molecule has 0 amide bonds. The molecular formula is C19H18F3N3S. The van der Waals surface area contributed by atoms with Crippen LogP contribution in [0.25, 0.3) is 0 Å². The average Bonchev–Trinajstić information content (AvgIpc) is 3.03. The van der Waals surface area contributed by atoms with Gasteiger partial charge in [0.15, 0.2) is 0 Å². The standard InChI is InChI=1S/C19H18F3N3S/c20-19(21,22)12-9-13-17-16(10-12)26-15-4-2-1-3-14(15)25(17)18(24-13)11-5-7-23-8-6-11/h1-4,9-11,18,23-24H,5-8H2. The molecule has 3 nitrogen and oxygen atoms in total. The minimum absolute atomic E-state index is 0.00335. The fourth-order valence-electron chi connectivity index (χ4n) is 4.19. The van der Waals surface area contributed by atoms with Crippen LogP contribution in [0.4, 0.5) is 30.2 Å². The molecule has 3 aliphatic rings. The number of anilines is 3. The van der Waals surface area contributed by atoms with Gasteiger partial charge in [-0.1, -0.05) is 23.9 Å². The number of benzene rings is 2. The number of nitrogens with one attached hydrogen (secondary N) is 2. The summed E-state index contributed by atoms with van der Waals surface area (Å²) in [5.41, 5.74) is 1.99. The second-order valence-corrected chi connectivity index (χ2v) is 8.07. The number of hydrogen-bond donors (Lipinski definition) is 2. The van der Waals surface area contributed by atoms with Crippen molar-refractivity contribution in [2.24, 2.45) is 5.92 Å². The molecule has 7 heteroatoms. The molecule has 0 radical (unpaired) electrons. The molecule has 2 N–H and O–H groups in total. The third kappa shape index (κ3) is 2.48. The van der Waals surface area contributed by atoms with Crippen molar-refractivity contribution in [3.8, 4) is 0 Å². The monoisotopic (exact) mass is 377 g/mol. The molecule has 2 aromatic rings. The lowest BCUT2D eigenvalue weighted by Gasteiger charge is -2.38. The maximum atomic E-state index is 13.4. The van der Waals surface area contributed by atoms with Crippen LogP contribution in [0.5, 0.6) is 0 Å². The largest absolute Gasteiger partial charge is 0.416 e. The van der Waals surface area contributed by atoms with Crippen molar-refractivity contribution >= 4 is 28.8 Å². The van der Waals surface area contributed by atoms with Crippen molar-refractivity contribution in [2.75, 3.05) is 23.3 Å². The second-order valence-electron chi connectivity index (χ2n) is 6.98. The van der Waals surface area contributed by atoms with E-state index in [1.54, 1.807) is 0 Å². The summed E-state index contributed by atoms with van der Waals surface area (Å²) in [5, 5.41) is 6.79. The molecule has 26 heavy (non-hydrogen) atoms. The molecule has 3 aliphatic heterocycles. The molecule has 0 spiro atoms. The first kappa shape index (κ1) is 16.3. The van der Waals surface area contributed by atoms with E-state index in [1.165, 1.54) is 23.9 Å². The van der Waals surface area contributed by atoms with Gasteiger partial charge in [-0.05, 0) is 50.2 Å². The predicted molar refractivity (Wildman–Crippen MR) is 97.2 cm³/mol. The molecular weight excluding hydrogens is 359 g/mol. The molecule has 1 unspecified atom stereocenters. The van der Waals surface area contributed by atoms with Crippen molar-refractivity contribution in [3.63, 3.8) is 0 Å². The van der Waals surface area contributed by atoms with E-state index in [2.05, 4.69) is 21.6 Å². The number of alkyl halides is 3. The van der Waals surface area contributed by atoms with Crippen LogP contribution in [-0.4, -0.2) is 19.3 Å². The summed E-state index contributed by atoms with van der Waals surface area (Å²) < 4.78 is 40.1. The Kier molecular flexibility index (Phi) is 3.66. The van der Waals surface area contributed by atoms with E-state index in [0.717, 1.165) is 42.2 Å². The van der Waals surface area contributed by atoms with Gasteiger partial charge in [-0.25, -0.2) is 0 Å². The van der Waals surface area contributed by atoms with Crippen molar-refractivity contribution < 1.29 is 13.2 Å². The van der Waals surface area contributed by atoms with E-state index in [4.69, 9.17) is 0 Å². The molecule has 0 bridgehead atoms. The highest BCUT2D eigenvalue weighted by molar-refractivity contribution is 7.99. The normalized spacial score (nSPS) is 22.0. The molecule has 0 aromatic heterocycles. The zero-order valence-corrected chi connectivity index (χ0v) is 14.8. The summed E-state index contributed by atoms with van der Waals surface area (Å²) >= 11 is 1.43. The highest BCUT2D eigenvalue weighted by Gasteiger charge is 2.43. The SMILES string of the molecule is FC(F)(F)c1cc2c3c(c1)Sc1ccccc1N3C(C1CCNCC1)N2. The van der Waals surface area contributed by atoms with Crippen molar-refractivity contribution in [1.82, 2.24) is 5.32 Å². The first-order valence-corrected chi connectivity index (χ1v) is 9.62. The van der Waals surface area contributed by atoms with Crippen molar-refractivity contribution in [1.29, 1.82) is 0 Å². The smallest absolute Gasteiger partial charge is 0.363 e. The van der Waals surface area contributed by atoms with E-state index >= 15 is 0 Å². The van der Waals surface area contributed by atoms with Gasteiger partial charge in [0, 0.05) is 15.7 Å². The first-order valence-electron chi connectivity index (χ1n) is 8.81. The number of nitrogens with zero attached hydrogens (tertiary/aromatic N) is 1. The van der Waals surface area contributed by atoms with Gasteiger partial charge >= 0.3 is 6.18 Å². The zero-order chi connectivity index (χ0) is 17.9. The summed E-state index contributed by atoms with van der Waals surface area (Å²) in [6.07, 6.45) is -2.32. The lowest BCUT2D eigenvalue weighted by molar-refractivity contribution is -0.137. The Hall–Kier alpha value is -1.86. The molecule has 3 heterocycles.